The number of rotatable bonds is 4. The number of ether oxygens (including phenoxy) is 2. The lowest BCUT2D eigenvalue weighted by molar-refractivity contribution is -0.165. The van der Waals surface area contributed by atoms with Gasteiger partial charge in [0.25, 0.3) is 0 Å². The number of hydrogen-bond donors (Lipinski definition) is 3. The van der Waals surface area contributed by atoms with E-state index in [4.69, 9.17) is 9.47 Å². The van der Waals surface area contributed by atoms with Gasteiger partial charge in [0, 0.05) is 20.1 Å². The number of aliphatic imine (C=N–C) groups is 1. The molecular formula is C13H23N3O5S. The molecule has 0 unspecified atom stereocenters. The number of hydrogen-bond acceptors (Lipinski definition) is 8. The minimum absolute atomic E-state index is 0.105. The number of nitrogens with one attached hydrogen (secondary N) is 1. The van der Waals surface area contributed by atoms with Gasteiger partial charge in [-0.05, 0) is 13.8 Å². The van der Waals surface area contributed by atoms with Crippen LogP contribution in [-0.2, 0) is 9.47 Å². The summed E-state index contributed by atoms with van der Waals surface area (Å²) in [6, 6.07) is -0.516. The second-order valence-electron chi connectivity index (χ2n) is 5.07. The average molecular weight is 333 g/mol. The third-order valence-corrected chi connectivity index (χ3v) is 4.92. The highest BCUT2D eigenvalue weighted by atomic mass is 32.2. The van der Waals surface area contributed by atoms with E-state index in [2.05, 4.69) is 10.3 Å². The number of amides is 1. The van der Waals surface area contributed by atoms with E-state index in [0.29, 0.717) is 18.3 Å². The molecule has 2 aliphatic rings. The Morgan fingerprint density at radius 2 is 2.09 bits per heavy atom. The van der Waals surface area contributed by atoms with Crippen molar-refractivity contribution in [1.29, 1.82) is 0 Å². The minimum Gasteiger partial charge on any atom is -0.447 e. The molecule has 1 saturated heterocycles. The Balaban J connectivity index is 1.92. The van der Waals surface area contributed by atoms with Crippen molar-refractivity contribution in [3.05, 3.63) is 0 Å². The maximum atomic E-state index is 11.8. The van der Waals surface area contributed by atoms with Crippen LogP contribution in [0.5, 0.6) is 0 Å². The molecule has 22 heavy (non-hydrogen) atoms. The summed E-state index contributed by atoms with van der Waals surface area (Å²) in [4.78, 5) is 17.6. The maximum Gasteiger partial charge on any atom is 0.409 e. The van der Waals surface area contributed by atoms with E-state index in [9.17, 15) is 15.0 Å². The predicted molar refractivity (Wildman–Crippen MR) is 82.8 cm³/mol. The summed E-state index contributed by atoms with van der Waals surface area (Å²) in [5, 5.41) is 23.9. The van der Waals surface area contributed by atoms with Crippen molar-refractivity contribution in [2.24, 2.45) is 4.99 Å². The van der Waals surface area contributed by atoms with Crippen LogP contribution in [0, 0.1) is 0 Å². The molecule has 5 atom stereocenters. The van der Waals surface area contributed by atoms with Crippen LogP contribution in [0.3, 0.4) is 0 Å². The third-order valence-electron chi connectivity index (χ3n) is 3.77. The Labute approximate surface area is 133 Å². The number of aliphatic hydroxyl groups is 2. The average Bonchev–Trinajstić information content (AvgIpc) is 2.94. The van der Waals surface area contributed by atoms with Crippen molar-refractivity contribution >= 4 is 23.0 Å². The van der Waals surface area contributed by atoms with Crippen LogP contribution in [0.15, 0.2) is 4.99 Å². The smallest absolute Gasteiger partial charge is 0.409 e. The van der Waals surface area contributed by atoms with Crippen LogP contribution < -0.4 is 5.32 Å². The molecule has 0 aromatic carbocycles. The van der Waals surface area contributed by atoms with Gasteiger partial charge in [-0.2, -0.15) is 0 Å². The summed E-state index contributed by atoms with van der Waals surface area (Å²) in [7, 11) is 1.73. The fraction of sp³-hybridized carbons (Fsp3) is 0.846. The summed E-state index contributed by atoms with van der Waals surface area (Å²) >= 11 is 1.35. The molecule has 0 bridgehead atoms. The van der Waals surface area contributed by atoms with Crippen LogP contribution in [-0.4, -0.2) is 82.9 Å². The van der Waals surface area contributed by atoms with Crippen LogP contribution in [0.25, 0.3) is 0 Å². The first-order chi connectivity index (χ1) is 10.5. The molecule has 8 nitrogen and oxygen atoms in total. The molecule has 0 spiro atoms. The number of fused-ring (bicyclic) bond motifs is 1. The first-order valence-corrected chi connectivity index (χ1v) is 8.25. The summed E-state index contributed by atoms with van der Waals surface area (Å²) in [6.45, 7) is 4.71. The lowest BCUT2D eigenvalue weighted by Crippen LogP contribution is -2.56. The molecule has 9 heteroatoms. The summed E-state index contributed by atoms with van der Waals surface area (Å²) in [5.41, 5.74) is -0.391. The second-order valence-corrected chi connectivity index (χ2v) is 6.15. The molecule has 0 saturated carbocycles. The largest absolute Gasteiger partial charge is 0.447 e. The van der Waals surface area contributed by atoms with Gasteiger partial charge < -0.3 is 29.9 Å². The van der Waals surface area contributed by atoms with Gasteiger partial charge in [0.05, 0.1) is 0 Å². The van der Waals surface area contributed by atoms with Crippen molar-refractivity contribution in [2.75, 3.05) is 26.7 Å². The van der Waals surface area contributed by atoms with Crippen LogP contribution in [0.4, 0.5) is 4.79 Å². The first-order valence-electron chi connectivity index (χ1n) is 7.37. The van der Waals surface area contributed by atoms with E-state index >= 15 is 0 Å². The molecule has 0 radical (unpaired) electrons. The first kappa shape index (κ1) is 17.3. The molecular weight excluding hydrogens is 310 g/mol. The Morgan fingerprint density at radius 3 is 2.68 bits per heavy atom. The van der Waals surface area contributed by atoms with E-state index in [-0.39, 0.29) is 6.61 Å². The maximum absolute atomic E-state index is 11.8. The predicted octanol–water partition coefficient (Wildman–Crippen LogP) is -0.398. The Bertz CT molecular complexity index is 432. The quantitative estimate of drug-likeness (QED) is 0.643. The van der Waals surface area contributed by atoms with Gasteiger partial charge in [0.15, 0.2) is 5.17 Å². The van der Waals surface area contributed by atoms with Crippen LogP contribution in [0.1, 0.15) is 13.8 Å². The van der Waals surface area contributed by atoms with E-state index in [1.54, 1.807) is 7.05 Å². The highest BCUT2D eigenvalue weighted by Crippen LogP contribution is 2.35. The molecule has 2 aliphatic heterocycles. The number of thioether (sulfide) groups is 1. The number of carbonyl (C=O) groups excluding carboxylic acids is 1. The van der Waals surface area contributed by atoms with E-state index in [0.717, 1.165) is 0 Å². The third kappa shape index (κ3) is 3.48. The molecule has 3 N–H and O–H groups in total. The van der Waals surface area contributed by atoms with Crippen molar-refractivity contribution in [2.45, 2.75) is 43.6 Å². The van der Waals surface area contributed by atoms with Crippen molar-refractivity contribution in [1.82, 2.24) is 10.2 Å². The molecule has 126 valence electrons. The van der Waals surface area contributed by atoms with Crippen LogP contribution >= 0.6 is 11.8 Å². The monoisotopic (exact) mass is 333 g/mol. The minimum atomic E-state index is -1.15. The zero-order valence-electron chi connectivity index (χ0n) is 12.9. The lowest BCUT2D eigenvalue weighted by atomic mass is 9.99. The van der Waals surface area contributed by atoms with Gasteiger partial charge in [0.2, 0.25) is 0 Å². The van der Waals surface area contributed by atoms with Gasteiger partial charge in [-0.3, -0.25) is 4.99 Å². The second kappa shape index (κ2) is 7.49. The molecule has 1 amide bonds. The molecule has 0 aromatic rings. The highest BCUT2D eigenvalue weighted by molar-refractivity contribution is 8.14. The van der Waals surface area contributed by atoms with Gasteiger partial charge in [-0.15, -0.1) is 0 Å². The SMILES string of the molecule is CCN(CC)C(=O)OC[C@H]1O[C@@H]2SC(NC)=N[C@@H]2[C@@H](O)[C@H]1O. The van der Waals surface area contributed by atoms with E-state index < -0.39 is 35.9 Å². The fourth-order valence-electron chi connectivity index (χ4n) is 2.41. The highest BCUT2D eigenvalue weighted by Gasteiger charge is 2.48. The zero-order valence-corrected chi connectivity index (χ0v) is 13.7. The van der Waals surface area contributed by atoms with Gasteiger partial charge in [-0.1, -0.05) is 11.8 Å². The lowest BCUT2D eigenvalue weighted by Gasteiger charge is -2.38. The normalized spacial score (nSPS) is 33.9. The molecule has 2 heterocycles. The van der Waals surface area contributed by atoms with Gasteiger partial charge >= 0.3 is 6.09 Å². The summed E-state index contributed by atoms with van der Waals surface area (Å²) in [6.07, 6.45) is -3.42. The molecule has 0 aliphatic carbocycles. The Hall–Kier alpha value is -1.03. The van der Waals surface area contributed by atoms with Crippen molar-refractivity contribution in [3.8, 4) is 0 Å². The molecule has 0 aromatic heterocycles. The van der Waals surface area contributed by atoms with E-state index in [1.807, 2.05) is 13.8 Å². The number of amidine groups is 1. The Morgan fingerprint density at radius 1 is 1.41 bits per heavy atom. The van der Waals surface area contributed by atoms with Crippen molar-refractivity contribution < 1.29 is 24.5 Å². The van der Waals surface area contributed by atoms with E-state index in [1.165, 1.54) is 16.7 Å². The zero-order chi connectivity index (χ0) is 16.3. The van der Waals surface area contributed by atoms with Gasteiger partial charge in [0.1, 0.15) is 36.4 Å². The Kier molecular flexibility index (Phi) is 5.90. The summed E-state index contributed by atoms with van der Waals surface area (Å²) in [5.74, 6) is 0. The number of nitrogens with zero attached hydrogens (tertiary/aromatic N) is 2. The standard InChI is InChI=1S/C13H23N3O5S/c1-4-16(5-2)13(19)20-6-7-9(17)10(18)8-11(21-7)22-12(14-3)15-8/h7-11,17-18H,4-6H2,1-3H3,(H,14,15)/t7-,8-,9+,10-,11-/m1/s1. The van der Waals surface area contributed by atoms with Crippen LogP contribution in [0.2, 0.25) is 0 Å². The van der Waals surface area contributed by atoms with Crippen molar-refractivity contribution in [3.63, 3.8) is 0 Å². The molecule has 2 rings (SSSR count). The number of aliphatic hydroxyl groups excluding tert-OH is 2. The van der Waals surface area contributed by atoms with Gasteiger partial charge in [-0.25, -0.2) is 4.79 Å². The topological polar surface area (TPSA) is 104 Å². The summed E-state index contributed by atoms with van der Waals surface area (Å²) < 4.78 is 10.9. The molecule has 1 fully saturated rings. The number of carbonyl (C=O) groups is 1. The fourth-order valence-corrected chi connectivity index (χ4v) is 3.49.